The number of morpholine rings is 1. The summed E-state index contributed by atoms with van der Waals surface area (Å²) in [6.45, 7) is 2.20. The van der Waals surface area contributed by atoms with E-state index in [2.05, 4.69) is 17.9 Å². The third-order valence-electron chi connectivity index (χ3n) is 9.30. The number of benzene rings is 2. The van der Waals surface area contributed by atoms with Crippen molar-refractivity contribution >= 4 is 30.0 Å². The number of hydrogen-bond acceptors (Lipinski definition) is 15. The first-order valence-corrected chi connectivity index (χ1v) is 16.4. The Hall–Kier alpha value is -3.12. The van der Waals surface area contributed by atoms with Gasteiger partial charge in [-0.2, -0.15) is 12.6 Å². The minimum atomic E-state index is -2.23. The second-order valence-corrected chi connectivity index (χ2v) is 12.7. The van der Waals surface area contributed by atoms with Gasteiger partial charge >= 0.3 is 0 Å². The third kappa shape index (κ3) is 6.12. The van der Waals surface area contributed by atoms with Crippen molar-refractivity contribution in [1.82, 2.24) is 5.32 Å². The molecule has 260 valence electrons. The summed E-state index contributed by atoms with van der Waals surface area (Å²) in [6, 6.07) is 4.42. The molecule has 0 aromatic heterocycles. The molecule has 0 radical (unpaired) electrons. The lowest BCUT2D eigenvalue weighted by Crippen LogP contribution is -2.54. The average Bonchev–Trinajstić information content (AvgIpc) is 3.08. The molecule has 7 atom stereocenters. The predicted molar refractivity (Wildman–Crippen MR) is 169 cm³/mol. The van der Waals surface area contributed by atoms with Crippen molar-refractivity contribution in [3.63, 3.8) is 0 Å². The van der Waals surface area contributed by atoms with Gasteiger partial charge in [0, 0.05) is 48.3 Å². The van der Waals surface area contributed by atoms with Crippen molar-refractivity contribution in [3.05, 3.63) is 51.6 Å². The van der Waals surface area contributed by atoms with Gasteiger partial charge in [-0.05, 0) is 19.4 Å². The van der Waals surface area contributed by atoms with Gasteiger partial charge in [0.15, 0.2) is 30.4 Å². The number of Topliss-reactive ketones (excluding diaryl/α,β-unsaturated/α-hetero) is 1. The lowest BCUT2D eigenvalue weighted by molar-refractivity contribution is -0.284. The number of aliphatic hydroxyl groups excluding tert-OH is 1. The van der Waals surface area contributed by atoms with Crippen LogP contribution in [0.4, 0.5) is 0 Å². The van der Waals surface area contributed by atoms with Crippen LogP contribution in [-0.2, 0) is 34.9 Å². The molecule has 2 aromatic carbocycles. The molecule has 4 aliphatic rings. The topological polar surface area (TPSA) is 200 Å². The Bertz CT molecular complexity index is 1600. The Morgan fingerprint density at radius 2 is 1.88 bits per heavy atom. The minimum absolute atomic E-state index is 0.0391. The first-order chi connectivity index (χ1) is 23.0. The number of aromatic hydroxyl groups is 2. The second kappa shape index (κ2) is 14.0. The number of ketones is 3. The van der Waals surface area contributed by atoms with Crippen molar-refractivity contribution in [1.29, 1.82) is 0 Å². The predicted octanol–water partition coefficient (Wildman–Crippen LogP) is 1.31. The van der Waals surface area contributed by atoms with Crippen LogP contribution in [-0.4, -0.2) is 114 Å². The number of carbonyl (C=O) groups is 3. The summed E-state index contributed by atoms with van der Waals surface area (Å²) < 4.78 is 35.5. The van der Waals surface area contributed by atoms with Crippen molar-refractivity contribution in [2.24, 2.45) is 0 Å². The van der Waals surface area contributed by atoms with Crippen LogP contribution < -0.4 is 10.1 Å². The normalized spacial score (nSPS) is 29.9. The number of carbonyl (C=O) groups excluding carboxylic acids is 3. The molecule has 5 N–H and O–H groups in total. The van der Waals surface area contributed by atoms with Gasteiger partial charge in [-0.3, -0.25) is 19.7 Å². The monoisotopic (exact) mass is 689 g/mol. The summed E-state index contributed by atoms with van der Waals surface area (Å²) in [5.41, 5.74) is -3.46. The first kappa shape index (κ1) is 34.7. The summed E-state index contributed by atoms with van der Waals surface area (Å²) in [5, 5.41) is 47.6. The molecule has 2 aliphatic carbocycles. The number of rotatable bonds is 10. The van der Waals surface area contributed by atoms with Crippen LogP contribution in [0.1, 0.15) is 75.3 Å². The number of ether oxygens (including phenoxy) is 6. The molecule has 2 aliphatic heterocycles. The minimum Gasteiger partial charge on any atom is -0.507 e. The van der Waals surface area contributed by atoms with Crippen LogP contribution >= 0.6 is 12.6 Å². The highest BCUT2D eigenvalue weighted by Gasteiger charge is 2.50. The van der Waals surface area contributed by atoms with E-state index in [0.29, 0.717) is 38.4 Å². The van der Waals surface area contributed by atoms with Gasteiger partial charge in [0.25, 0.3) is 0 Å². The van der Waals surface area contributed by atoms with Gasteiger partial charge in [0.1, 0.15) is 29.5 Å². The molecule has 2 heterocycles. The van der Waals surface area contributed by atoms with E-state index in [1.807, 2.05) is 0 Å². The van der Waals surface area contributed by atoms with E-state index in [1.165, 1.54) is 25.3 Å². The van der Waals surface area contributed by atoms with Crippen LogP contribution in [0.3, 0.4) is 0 Å². The number of phenolic OH excluding ortho intramolecular Hbond substituents is 2. The van der Waals surface area contributed by atoms with E-state index in [9.17, 15) is 34.8 Å². The molecule has 6 rings (SSSR count). The fourth-order valence-electron chi connectivity index (χ4n) is 6.95. The number of hydrogen-bond donors (Lipinski definition) is 6. The summed E-state index contributed by atoms with van der Waals surface area (Å²) in [7, 11) is 1.34. The largest absolute Gasteiger partial charge is 0.507 e. The van der Waals surface area contributed by atoms with Crippen LogP contribution in [0.2, 0.25) is 0 Å². The van der Waals surface area contributed by atoms with Crippen LogP contribution in [0.25, 0.3) is 0 Å². The highest BCUT2D eigenvalue weighted by atomic mass is 32.1. The molecule has 0 amide bonds. The van der Waals surface area contributed by atoms with Gasteiger partial charge in [-0.15, -0.1) is 0 Å². The Balaban J connectivity index is 1.30. The standard InChI is InChI=1S/C33H39NO13S/c1-15-18(47-31-32(44-10-11-48)43-9-8-34-31)6-7-22(45-15)46-20-13-33(41,21(36)14-35)12-17-24(20)30(40)26-25(28(17)38)27(37)16-4-3-5-19(42-2)23(16)29(26)39/h3-5,15,18,20,22,31-32,34-35,38,40-41,48H,6-14H2,1-2H3/t15-,18-,20-,22-,31+,32+,33-/m0/s1. The number of nitrogens with one attached hydrogen (secondary N) is 1. The highest BCUT2D eigenvalue weighted by Crippen LogP contribution is 2.52. The maximum atomic E-state index is 13.8. The molecule has 0 saturated carbocycles. The zero-order valence-corrected chi connectivity index (χ0v) is 27.4. The summed E-state index contributed by atoms with van der Waals surface area (Å²) in [5.74, 6) is -3.12. The fraction of sp³-hybridized carbons (Fsp3) is 0.545. The molecular weight excluding hydrogens is 650 g/mol. The van der Waals surface area contributed by atoms with Gasteiger partial charge < -0.3 is 48.8 Å². The fourth-order valence-corrected chi connectivity index (χ4v) is 7.06. The SMILES string of the molecule is COc1cccc2c1C(=O)c1c(O)c3c(c(O)c1C2=O)C[C@@](O)(C(=O)CO)C[C@@H]3O[C@H]1CC[C@H](O[C@H]2NCCO[C@@H]2OCCS)[C@H](C)O1. The van der Waals surface area contributed by atoms with E-state index in [4.69, 9.17) is 28.4 Å². The Morgan fingerprint density at radius 3 is 2.58 bits per heavy atom. The number of fused-ring (bicyclic) bond motifs is 3. The van der Waals surface area contributed by atoms with Crippen molar-refractivity contribution in [2.45, 2.75) is 75.3 Å². The molecule has 2 fully saturated rings. The molecule has 0 bridgehead atoms. The Morgan fingerprint density at radius 1 is 1.10 bits per heavy atom. The lowest BCUT2D eigenvalue weighted by atomic mass is 9.72. The van der Waals surface area contributed by atoms with Crippen LogP contribution in [0, 0.1) is 0 Å². The van der Waals surface area contributed by atoms with Gasteiger partial charge in [-0.1, -0.05) is 12.1 Å². The van der Waals surface area contributed by atoms with E-state index >= 15 is 0 Å². The zero-order valence-electron chi connectivity index (χ0n) is 26.5. The van der Waals surface area contributed by atoms with Crippen molar-refractivity contribution < 1.29 is 63.2 Å². The Labute approximate surface area is 281 Å². The van der Waals surface area contributed by atoms with Crippen LogP contribution in [0.15, 0.2) is 18.2 Å². The second-order valence-electron chi connectivity index (χ2n) is 12.2. The number of thiol groups is 1. The van der Waals surface area contributed by atoms with Crippen molar-refractivity contribution in [2.75, 3.05) is 39.2 Å². The van der Waals surface area contributed by atoms with Crippen LogP contribution in [0.5, 0.6) is 17.2 Å². The maximum Gasteiger partial charge on any atom is 0.202 e. The molecule has 14 nitrogen and oxygen atoms in total. The average molecular weight is 690 g/mol. The summed E-state index contributed by atoms with van der Waals surface area (Å²) in [6.07, 6.45) is -4.52. The van der Waals surface area contributed by atoms with Crippen molar-refractivity contribution in [3.8, 4) is 17.2 Å². The van der Waals surface area contributed by atoms with Gasteiger partial charge in [0.2, 0.25) is 5.78 Å². The molecule has 15 heteroatoms. The molecule has 0 unspecified atom stereocenters. The number of phenols is 2. The van der Waals surface area contributed by atoms with E-state index in [-0.39, 0.29) is 34.1 Å². The quantitative estimate of drug-likeness (QED) is 0.132. The van der Waals surface area contributed by atoms with E-state index < -0.39 is 96.0 Å². The summed E-state index contributed by atoms with van der Waals surface area (Å²) >= 11 is 4.18. The molecule has 2 saturated heterocycles. The van der Waals surface area contributed by atoms with Gasteiger partial charge in [0.05, 0.1) is 55.3 Å². The van der Waals surface area contributed by atoms with E-state index in [1.54, 1.807) is 6.92 Å². The molecular formula is C33H39NO13S. The smallest absolute Gasteiger partial charge is 0.202 e. The lowest BCUT2D eigenvalue weighted by Gasteiger charge is -2.42. The highest BCUT2D eigenvalue weighted by molar-refractivity contribution is 7.80. The maximum absolute atomic E-state index is 13.8. The zero-order chi connectivity index (χ0) is 34.3. The van der Waals surface area contributed by atoms with E-state index in [0.717, 1.165) is 0 Å². The number of aliphatic hydroxyl groups is 2. The molecule has 48 heavy (non-hydrogen) atoms. The molecule has 0 spiro atoms. The third-order valence-corrected chi connectivity index (χ3v) is 9.49. The number of methoxy groups -OCH3 is 1. The summed E-state index contributed by atoms with van der Waals surface area (Å²) in [4.78, 5) is 40.4. The molecule has 2 aromatic rings. The Kier molecular flexibility index (Phi) is 10.1. The van der Waals surface area contributed by atoms with Gasteiger partial charge in [-0.25, -0.2) is 0 Å². The first-order valence-electron chi connectivity index (χ1n) is 15.8.